The normalized spacial score (nSPS) is 13.1. The minimum absolute atomic E-state index is 0.181. The van der Waals surface area contributed by atoms with E-state index < -0.39 is 0 Å². The second-order valence-electron chi connectivity index (χ2n) is 6.60. The van der Waals surface area contributed by atoms with Crippen LogP contribution in [0, 0.1) is 0 Å². The van der Waals surface area contributed by atoms with Crippen LogP contribution in [0.1, 0.15) is 43.1 Å². The molecule has 29 heavy (non-hydrogen) atoms. The smallest absolute Gasteiger partial charge is 0.333 e. The van der Waals surface area contributed by atoms with Crippen LogP contribution >= 0.6 is 11.3 Å². The summed E-state index contributed by atoms with van der Waals surface area (Å²) in [6.07, 6.45) is 6.14. The number of carbonyl (C=O) groups is 1. The van der Waals surface area contributed by atoms with Gasteiger partial charge in [-0.15, -0.1) is 11.3 Å². The molecule has 0 aliphatic rings. The van der Waals surface area contributed by atoms with Crippen molar-refractivity contribution in [3.05, 3.63) is 75.8 Å². The first-order valence-corrected chi connectivity index (χ1v) is 10.4. The minimum atomic E-state index is -0.304. The molecule has 0 saturated carbocycles. The SMILES string of the molecule is C=CCOc1ccc(CC(N)c2nc(/C=C(C)/C=C(/C)C(=O)OCC)cs2)cc1. The largest absolute Gasteiger partial charge is 0.490 e. The lowest BCUT2D eigenvalue weighted by molar-refractivity contribution is -0.138. The van der Waals surface area contributed by atoms with Crippen LogP contribution in [0.4, 0.5) is 0 Å². The highest BCUT2D eigenvalue weighted by Crippen LogP contribution is 2.23. The van der Waals surface area contributed by atoms with E-state index in [1.54, 1.807) is 26.0 Å². The van der Waals surface area contributed by atoms with Gasteiger partial charge < -0.3 is 15.2 Å². The fourth-order valence-electron chi connectivity index (χ4n) is 2.68. The zero-order valence-corrected chi connectivity index (χ0v) is 18.0. The minimum Gasteiger partial charge on any atom is -0.490 e. The highest BCUT2D eigenvalue weighted by molar-refractivity contribution is 7.09. The van der Waals surface area contributed by atoms with Crippen LogP contribution < -0.4 is 10.5 Å². The molecule has 1 atom stereocenters. The molecular formula is C23H28N2O3S. The fourth-order valence-corrected chi connectivity index (χ4v) is 3.45. The van der Waals surface area contributed by atoms with Gasteiger partial charge in [0.05, 0.1) is 18.3 Å². The average molecular weight is 413 g/mol. The molecule has 0 amide bonds. The molecule has 0 aliphatic heterocycles. The van der Waals surface area contributed by atoms with Gasteiger partial charge in [0.15, 0.2) is 0 Å². The number of hydrogen-bond acceptors (Lipinski definition) is 6. The van der Waals surface area contributed by atoms with Crippen molar-refractivity contribution in [2.24, 2.45) is 5.73 Å². The third-order valence-corrected chi connectivity index (χ3v) is 5.02. The van der Waals surface area contributed by atoms with Crippen molar-refractivity contribution in [3.63, 3.8) is 0 Å². The van der Waals surface area contributed by atoms with Crippen molar-refractivity contribution in [1.82, 2.24) is 4.98 Å². The lowest BCUT2D eigenvalue weighted by Crippen LogP contribution is -2.13. The van der Waals surface area contributed by atoms with Gasteiger partial charge in [-0.1, -0.05) is 24.8 Å². The molecule has 0 spiro atoms. The zero-order valence-electron chi connectivity index (χ0n) is 17.2. The van der Waals surface area contributed by atoms with E-state index >= 15 is 0 Å². The van der Waals surface area contributed by atoms with E-state index in [9.17, 15) is 4.79 Å². The second kappa shape index (κ2) is 11.3. The van der Waals surface area contributed by atoms with Crippen molar-refractivity contribution in [1.29, 1.82) is 0 Å². The van der Waals surface area contributed by atoms with E-state index in [0.29, 0.717) is 25.2 Å². The second-order valence-corrected chi connectivity index (χ2v) is 7.49. The number of ether oxygens (including phenoxy) is 2. The number of aromatic nitrogens is 1. The van der Waals surface area contributed by atoms with Gasteiger partial charge in [-0.3, -0.25) is 0 Å². The Morgan fingerprint density at radius 1 is 1.31 bits per heavy atom. The number of hydrogen-bond donors (Lipinski definition) is 1. The van der Waals surface area contributed by atoms with Crippen molar-refractivity contribution in [2.45, 2.75) is 33.2 Å². The zero-order chi connectivity index (χ0) is 21.2. The summed E-state index contributed by atoms with van der Waals surface area (Å²) in [5, 5.41) is 2.85. The molecule has 0 saturated heterocycles. The number of carbonyl (C=O) groups excluding carboxylic acids is 1. The quantitative estimate of drug-likeness (QED) is 0.261. The predicted molar refractivity (Wildman–Crippen MR) is 119 cm³/mol. The lowest BCUT2D eigenvalue weighted by Gasteiger charge is -2.09. The van der Waals surface area contributed by atoms with Gasteiger partial charge >= 0.3 is 5.97 Å². The van der Waals surface area contributed by atoms with Gasteiger partial charge in [-0.05, 0) is 62.6 Å². The van der Waals surface area contributed by atoms with Crippen molar-refractivity contribution < 1.29 is 14.3 Å². The van der Waals surface area contributed by atoms with Gasteiger partial charge in [0.25, 0.3) is 0 Å². The Morgan fingerprint density at radius 2 is 2.03 bits per heavy atom. The number of nitrogens with zero attached hydrogens (tertiary/aromatic N) is 1. The fraction of sp³-hybridized carbons (Fsp3) is 0.304. The van der Waals surface area contributed by atoms with E-state index in [4.69, 9.17) is 15.2 Å². The van der Waals surface area contributed by atoms with Gasteiger partial charge in [0.1, 0.15) is 17.4 Å². The molecule has 1 aromatic carbocycles. The van der Waals surface area contributed by atoms with Gasteiger partial charge in [0, 0.05) is 11.0 Å². The molecule has 1 unspecified atom stereocenters. The molecule has 0 bridgehead atoms. The summed E-state index contributed by atoms with van der Waals surface area (Å²) in [4.78, 5) is 16.3. The molecular weight excluding hydrogens is 384 g/mol. The number of benzene rings is 1. The Kier molecular flexibility index (Phi) is 8.83. The van der Waals surface area contributed by atoms with Crippen LogP contribution in [0.25, 0.3) is 6.08 Å². The predicted octanol–water partition coefficient (Wildman–Crippen LogP) is 4.86. The Hall–Kier alpha value is -2.70. The van der Waals surface area contributed by atoms with Crippen LogP contribution in [-0.4, -0.2) is 24.2 Å². The first-order valence-electron chi connectivity index (χ1n) is 9.50. The third-order valence-electron chi connectivity index (χ3n) is 4.02. The monoisotopic (exact) mass is 412 g/mol. The van der Waals surface area contributed by atoms with Crippen molar-refractivity contribution in [3.8, 4) is 5.75 Å². The summed E-state index contributed by atoms with van der Waals surface area (Å²) < 4.78 is 10.5. The van der Waals surface area contributed by atoms with E-state index in [-0.39, 0.29) is 12.0 Å². The van der Waals surface area contributed by atoms with Gasteiger partial charge in [0.2, 0.25) is 0 Å². The molecule has 0 radical (unpaired) electrons. The maximum Gasteiger partial charge on any atom is 0.333 e. The van der Waals surface area contributed by atoms with Crippen molar-refractivity contribution >= 4 is 23.4 Å². The Bertz CT molecular complexity index is 882. The number of rotatable bonds is 10. The maximum absolute atomic E-state index is 11.7. The van der Waals surface area contributed by atoms with Crippen LogP contribution in [0.5, 0.6) is 5.75 Å². The maximum atomic E-state index is 11.7. The molecule has 2 N–H and O–H groups in total. The van der Waals surface area contributed by atoms with Gasteiger partial charge in [-0.25, -0.2) is 9.78 Å². The lowest BCUT2D eigenvalue weighted by atomic mass is 10.1. The molecule has 2 aromatic rings. The summed E-state index contributed by atoms with van der Waals surface area (Å²) in [5.74, 6) is 0.507. The van der Waals surface area contributed by atoms with E-state index in [2.05, 4.69) is 11.6 Å². The van der Waals surface area contributed by atoms with Crippen LogP contribution in [0.3, 0.4) is 0 Å². The van der Waals surface area contributed by atoms with E-state index in [1.807, 2.05) is 42.6 Å². The molecule has 1 heterocycles. The standard InChI is InChI=1S/C23H28N2O3S/c1-5-11-28-20-9-7-18(8-10-20)14-21(24)22-25-19(15-29-22)13-16(3)12-17(4)23(26)27-6-2/h5,7-10,12-13,15,21H,1,6,11,14,24H2,2-4H3/b16-13+,17-12-. The highest BCUT2D eigenvalue weighted by atomic mass is 32.1. The van der Waals surface area contributed by atoms with E-state index in [1.165, 1.54) is 11.3 Å². The Labute approximate surface area is 176 Å². The highest BCUT2D eigenvalue weighted by Gasteiger charge is 2.12. The average Bonchev–Trinajstić information content (AvgIpc) is 3.16. The first kappa shape index (κ1) is 22.6. The summed E-state index contributed by atoms with van der Waals surface area (Å²) in [6, 6.07) is 7.71. The molecule has 154 valence electrons. The molecule has 0 aliphatic carbocycles. The summed E-state index contributed by atoms with van der Waals surface area (Å²) in [6.45, 7) is 9.95. The summed E-state index contributed by atoms with van der Waals surface area (Å²) >= 11 is 1.54. The van der Waals surface area contributed by atoms with Crippen LogP contribution in [0.2, 0.25) is 0 Å². The van der Waals surface area contributed by atoms with Crippen molar-refractivity contribution in [2.75, 3.05) is 13.2 Å². The van der Waals surface area contributed by atoms with Gasteiger partial charge in [-0.2, -0.15) is 0 Å². The topological polar surface area (TPSA) is 74.4 Å². The third kappa shape index (κ3) is 7.33. The molecule has 5 nitrogen and oxygen atoms in total. The summed E-state index contributed by atoms with van der Waals surface area (Å²) in [5.41, 5.74) is 9.80. The first-order chi connectivity index (χ1) is 13.9. The number of allylic oxidation sites excluding steroid dienone is 2. The van der Waals surface area contributed by atoms with Crippen LogP contribution in [0.15, 0.2) is 59.5 Å². The molecule has 1 aromatic heterocycles. The Morgan fingerprint density at radius 3 is 2.69 bits per heavy atom. The number of nitrogens with two attached hydrogens (primary N) is 1. The number of esters is 1. The van der Waals surface area contributed by atoms with E-state index in [0.717, 1.165) is 27.6 Å². The molecule has 2 rings (SSSR count). The molecule has 6 heteroatoms. The Balaban J connectivity index is 2.00. The van der Waals surface area contributed by atoms with Crippen LogP contribution in [-0.2, 0) is 16.0 Å². The summed E-state index contributed by atoms with van der Waals surface area (Å²) in [7, 11) is 0. The molecule has 0 fully saturated rings. The number of thiazole rings is 1.